The zero-order chi connectivity index (χ0) is 26.0. The minimum Gasteiger partial charge on any atom is -0.456 e. The topological polar surface area (TPSA) is 52.6 Å². The van der Waals surface area contributed by atoms with E-state index in [1.807, 2.05) is 0 Å². The first-order chi connectivity index (χ1) is 16.1. The lowest BCUT2D eigenvalue weighted by Crippen LogP contribution is -2.55. The molecule has 3 unspecified atom stereocenters. The van der Waals surface area contributed by atoms with Crippen LogP contribution in [-0.4, -0.2) is 36.5 Å². The third-order valence-electron chi connectivity index (χ3n) is 10.3. The number of esters is 2. The normalized spacial score (nSPS) is 42.3. The van der Waals surface area contributed by atoms with Crippen LogP contribution in [0.2, 0.25) is 0 Å². The van der Waals surface area contributed by atoms with E-state index in [2.05, 4.69) is 13.8 Å². The van der Waals surface area contributed by atoms with Crippen molar-refractivity contribution in [2.45, 2.75) is 103 Å². The third kappa shape index (κ3) is 4.67. The highest BCUT2D eigenvalue weighted by Gasteiger charge is 2.61. The van der Waals surface area contributed by atoms with Crippen molar-refractivity contribution in [3.8, 4) is 0 Å². The van der Waals surface area contributed by atoms with E-state index >= 15 is 0 Å². The molecule has 4 saturated carbocycles. The Hall–Kier alpha value is -1.48. The first-order valence-electron chi connectivity index (χ1n) is 12.6. The molecule has 4 nitrogen and oxygen atoms in total. The van der Waals surface area contributed by atoms with Crippen LogP contribution in [0.4, 0.5) is 26.3 Å². The molecule has 4 fully saturated rings. The lowest BCUT2D eigenvalue weighted by molar-refractivity contribution is -0.212. The van der Waals surface area contributed by atoms with Crippen molar-refractivity contribution < 1.29 is 45.4 Å². The average molecular weight is 513 g/mol. The van der Waals surface area contributed by atoms with Crippen molar-refractivity contribution in [2.75, 3.05) is 0 Å². The van der Waals surface area contributed by atoms with Gasteiger partial charge in [0, 0.05) is 5.92 Å². The van der Waals surface area contributed by atoms with Crippen LogP contribution in [0, 0.1) is 40.4 Å². The Bertz CT molecular complexity index is 841. The Morgan fingerprint density at radius 3 is 2.03 bits per heavy atom. The minimum atomic E-state index is -5.01. The van der Waals surface area contributed by atoms with E-state index in [0.29, 0.717) is 43.4 Å². The van der Waals surface area contributed by atoms with E-state index < -0.39 is 36.5 Å². The second-order valence-electron chi connectivity index (χ2n) is 11.8. The number of ether oxygens (including phenoxy) is 2. The number of alkyl halides is 6. The fraction of sp³-hybridized carbons (Fsp3) is 0.920. The zero-order valence-electron chi connectivity index (χ0n) is 20.3. The highest BCUT2D eigenvalue weighted by atomic mass is 19.4. The van der Waals surface area contributed by atoms with E-state index in [4.69, 9.17) is 9.47 Å². The van der Waals surface area contributed by atoms with Gasteiger partial charge in [0.1, 0.15) is 12.2 Å². The average Bonchev–Trinajstić information content (AvgIpc) is 3.10. The molecule has 35 heavy (non-hydrogen) atoms. The van der Waals surface area contributed by atoms with Gasteiger partial charge in [-0.05, 0) is 99.2 Å². The van der Waals surface area contributed by atoms with Crippen molar-refractivity contribution in [3.63, 3.8) is 0 Å². The molecule has 0 aromatic heterocycles. The van der Waals surface area contributed by atoms with Gasteiger partial charge >= 0.3 is 24.3 Å². The van der Waals surface area contributed by atoms with Crippen LogP contribution in [0.5, 0.6) is 0 Å². The van der Waals surface area contributed by atoms with Crippen LogP contribution >= 0.6 is 0 Å². The lowest BCUT2D eigenvalue weighted by atomic mass is 9.44. The molecule has 4 rings (SSSR count). The predicted molar refractivity (Wildman–Crippen MR) is 113 cm³/mol. The number of rotatable bonds is 3. The van der Waals surface area contributed by atoms with Gasteiger partial charge in [-0.2, -0.15) is 26.3 Å². The van der Waals surface area contributed by atoms with E-state index in [1.54, 1.807) is 6.92 Å². The summed E-state index contributed by atoms with van der Waals surface area (Å²) in [4.78, 5) is 22.8. The van der Waals surface area contributed by atoms with E-state index in [0.717, 1.165) is 32.1 Å². The quantitative estimate of drug-likeness (QED) is 0.315. The van der Waals surface area contributed by atoms with Crippen molar-refractivity contribution in [3.05, 3.63) is 0 Å². The molecule has 10 heteroatoms. The van der Waals surface area contributed by atoms with Gasteiger partial charge in [-0.3, -0.25) is 0 Å². The number of carbonyl (C=O) groups is 2. The fourth-order valence-electron chi connectivity index (χ4n) is 8.67. The van der Waals surface area contributed by atoms with Gasteiger partial charge in [0.05, 0.1) is 0 Å². The van der Waals surface area contributed by atoms with Gasteiger partial charge in [-0.1, -0.05) is 13.8 Å². The van der Waals surface area contributed by atoms with Crippen LogP contribution in [0.3, 0.4) is 0 Å². The van der Waals surface area contributed by atoms with Crippen molar-refractivity contribution in [1.29, 1.82) is 0 Å². The highest BCUT2D eigenvalue weighted by Crippen LogP contribution is 2.68. The molecule has 4 aliphatic carbocycles. The predicted octanol–water partition coefficient (Wildman–Crippen LogP) is 6.61. The molecular weight excluding hydrogens is 478 g/mol. The molecule has 0 N–H and O–H groups in total. The number of hydrogen-bond acceptors (Lipinski definition) is 4. The van der Waals surface area contributed by atoms with Gasteiger partial charge in [0.15, 0.2) is 0 Å². The maximum atomic E-state index is 12.7. The molecule has 9 atom stereocenters. The number of hydrogen-bond donors (Lipinski definition) is 0. The molecule has 0 aromatic carbocycles. The number of halogens is 6. The Balaban J connectivity index is 1.44. The number of fused-ring (bicyclic) bond motifs is 5. The number of carbonyl (C=O) groups excluding carboxylic acids is 2. The summed E-state index contributed by atoms with van der Waals surface area (Å²) in [7, 11) is 0. The summed E-state index contributed by atoms with van der Waals surface area (Å²) in [6.07, 6.45) is -4.92. The highest BCUT2D eigenvalue weighted by molar-refractivity contribution is 5.76. The van der Waals surface area contributed by atoms with E-state index in [9.17, 15) is 35.9 Å². The maximum Gasteiger partial charge on any atom is 0.490 e. The molecule has 0 aliphatic heterocycles. The summed E-state index contributed by atoms with van der Waals surface area (Å²) in [5.74, 6) is -3.13. The van der Waals surface area contributed by atoms with Crippen molar-refractivity contribution >= 4 is 11.9 Å². The van der Waals surface area contributed by atoms with Gasteiger partial charge in [-0.15, -0.1) is 0 Å². The molecule has 0 heterocycles. The summed E-state index contributed by atoms with van der Waals surface area (Å²) in [6, 6.07) is 0. The van der Waals surface area contributed by atoms with Gasteiger partial charge in [-0.25, -0.2) is 9.59 Å². The van der Waals surface area contributed by atoms with Crippen LogP contribution in [0.1, 0.15) is 78.6 Å². The second-order valence-corrected chi connectivity index (χ2v) is 11.8. The van der Waals surface area contributed by atoms with Crippen molar-refractivity contribution in [2.24, 2.45) is 40.4 Å². The first kappa shape index (κ1) is 26.6. The summed E-state index contributed by atoms with van der Waals surface area (Å²) in [5.41, 5.74) is -0.271. The lowest BCUT2D eigenvalue weighted by Gasteiger charge is -2.61. The summed E-state index contributed by atoms with van der Waals surface area (Å²) in [6.45, 7) is 5.92. The molecule has 0 aromatic rings. The molecule has 0 radical (unpaired) electrons. The van der Waals surface area contributed by atoms with Crippen molar-refractivity contribution in [1.82, 2.24) is 0 Å². The molecule has 0 amide bonds. The standard InChI is InChI=1S/C25H34F6O4/c1-13(34-20(32)24(26,27)28)17-6-7-18-16-5-4-14-12-15(35-21(33)25(29,30)31)8-10-22(14,2)19(16)9-11-23(17,18)3/h13-19H,4-12H2,1-3H3/t13-,14-,15-,16?,17-,18?,19?,22+,23-/m1/s1. The van der Waals surface area contributed by atoms with Gasteiger partial charge in [0.2, 0.25) is 0 Å². The molecule has 0 spiro atoms. The van der Waals surface area contributed by atoms with Gasteiger partial charge < -0.3 is 9.47 Å². The molecule has 200 valence electrons. The van der Waals surface area contributed by atoms with Crippen LogP contribution < -0.4 is 0 Å². The van der Waals surface area contributed by atoms with Crippen LogP contribution in [0.25, 0.3) is 0 Å². The largest absolute Gasteiger partial charge is 0.490 e. The van der Waals surface area contributed by atoms with E-state index in [-0.39, 0.29) is 22.7 Å². The SMILES string of the molecule is C[C@@H](OC(=O)C(F)(F)F)[C@H]1CCC2C3CC[C@@H]4C[C@H](OC(=O)C(F)(F)F)CC[C@]4(C)C3CC[C@@]21C. The Morgan fingerprint density at radius 2 is 1.40 bits per heavy atom. The third-order valence-corrected chi connectivity index (χ3v) is 10.3. The molecule has 0 saturated heterocycles. The van der Waals surface area contributed by atoms with E-state index in [1.165, 1.54) is 0 Å². The second kappa shape index (κ2) is 8.82. The summed E-state index contributed by atoms with van der Waals surface area (Å²) >= 11 is 0. The summed E-state index contributed by atoms with van der Waals surface area (Å²) < 4.78 is 85.8. The Kier molecular flexibility index (Phi) is 6.70. The molecule has 0 bridgehead atoms. The monoisotopic (exact) mass is 512 g/mol. The Morgan fingerprint density at radius 1 is 0.800 bits per heavy atom. The smallest absolute Gasteiger partial charge is 0.456 e. The van der Waals surface area contributed by atoms with Gasteiger partial charge in [0.25, 0.3) is 0 Å². The molecular formula is C25H34F6O4. The molecule has 4 aliphatic rings. The van der Waals surface area contributed by atoms with Crippen LogP contribution in [-0.2, 0) is 19.1 Å². The Labute approximate surface area is 201 Å². The maximum absolute atomic E-state index is 12.7. The summed E-state index contributed by atoms with van der Waals surface area (Å²) in [5, 5.41) is 0. The first-order valence-corrected chi connectivity index (χ1v) is 12.6. The van der Waals surface area contributed by atoms with Crippen LogP contribution in [0.15, 0.2) is 0 Å². The zero-order valence-corrected chi connectivity index (χ0v) is 20.3. The fourth-order valence-corrected chi connectivity index (χ4v) is 8.67. The minimum absolute atomic E-state index is 0.0577.